The molecule has 0 radical (unpaired) electrons. The van der Waals surface area contributed by atoms with E-state index < -0.39 is 11.5 Å². The summed E-state index contributed by atoms with van der Waals surface area (Å²) in [5.74, 6) is -1.22. The van der Waals surface area contributed by atoms with Gasteiger partial charge < -0.3 is 15.1 Å². The summed E-state index contributed by atoms with van der Waals surface area (Å²) >= 11 is 0. The molecule has 17 heavy (non-hydrogen) atoms. The third-order valence-corrected chi connectivity index (χ3v) is 2.77. The van der Waals surface area contributed by atoms with Crippen molar-refractivity contribution in [3.05, 3.63) is 46.4 Å². The number of carboxylic acids is 1. The molecule has 84 valence electrons. The van der Waals surface area contributed by atoms with Gasteiger partial charge in [0.2, 0.25) is 0 Å². The first-order chi connectivity index (χ1) is 8.16. The highest BCUT2D eigenvalue weighted by Crippen LogP contribution is 2.30. The zero-order chi connectivity index (χ0) is 12.0. The largest absolute Gasteiger partial charge is 0.477 e. The van der Waals surface area contributed by atoms with Crippen LogP contribution in [0.25, 0.3) is 22.2 Å². The van der Waals surface area contributed by atoms with E-state index in [-0.39, 0.29) is 5.56 Å². The van der Waals surface area contributed by atoms with E-state index in [4.69, 9.17) is 5.11 Å². The summed E-state index contributed by atoms with van der Waals surface area (Å²) in [6, 6.07) is 6.90. The molecular weight excluding hydrogens is 220 g/mol. The summed E-state index contributed by atoms with van der Waals surface area (Å²) in [5, 5.41) is 9.64. The van der Waals surface area contributed by atoms with E-state index in [0.29, 0.717) is 5.52 Å². The Hall–Kier alpha value is -2.56. The molecule has 0 fully saturated rings. The van der Waals surface area contributed by atoms with Crippen LogP contribution in [0.15, 0.2) is 35.3 Å². The maximum absolute atomic E-state index is 11.5. The fourth-order valence-electron chi connectivity index (χ4n) is 1.99. The van der Waals surface area contributed by atoms with Gasteiger partial charge in [-0.1, -0.05) is 6.07 Å². The lowest BCUT2D eigenvalue weighted by molar-refractivity contribution is 0.0695. The minimum atomic E-state index is -1.22. The number of H-pyrrole nitrogens is 2. The molecule has 0 atom stereocenters. The summed E-state index contributed by atoms with van der Waals surface area (Å²) in [5.41, 5.74) is 1.56. The summed E-state index contributed by atoms with van der Waals surface area (Å²) in [6.45, 7) is 0. The van der Waals surface area contributed by atoms with Gasteiger partial charge in [-0.25, -0.2) is 4.79 Å². The predicted molar refractivity (Wildman–Crippen MR) is 62.5 cm³/mol. The van der Waals surface area contributed by atoms with Crippen molar-refractivity contribution in [3.63, 3.8) is 0 Å². The van der Waals surface area contributed by atoms with Gasteiger partial charge in [0.05, 0.1) is 5.52 Å². The summed E-state index contributed by atoms with van der Waals surface area (Å²) < 4.78 is 0. The van der Waals surface area contributed by atoms with Gasteiger partial charge >= 0.3 is 5.97 Å². The van der Waals surface area contributed by atoms with Crippen LogP contribution in [0.5, 0.6) is 0 Å². The Kier molecular flexibility index (Phi) is 1.82. The van der Waals surface area contributed by atoms with Crippen molar-refractivity contribution < 1.29 is 9.90 Å². The van der Waals surface area contributed by atoms with Gasteiger partial charge in [-0.05, 0) is 18.2 Å². The average molecular weight is 228 g/mol. The molecule has 1 aliphatic heterocycles. The van der Waals surface area contributed by atoms with Crippen molar-refractivity contribution >= 4 is 16.9 Å². The van der Waals surface area contributed by atoms with Gasteiger partial charge in [0, 0.05) is 22.8 Å². The summed E-state index contributed by atoms with van der Waals surface area (Å²) in [6.07, 6.45) is 1.78. The number of carbonyl (C=O) groups is 1. The van der Waals surface area contributed by atoms with Crippen LogP contribution in [-0.2, 0) is 0 Å². The molecule has 0 bridgehead atoms. The van der Waals surface area contributed by atoms with E-state index in [9.17, 15) is 9.59 Å². The second-order valence-electron chi connectivity index (χ2n) is 3.79. The van der Waals surface area contributed by atoms with E-state index in [1.54, 1.807) is 12.3 Å². The van der Waals surface area contributed by atoms with Crippen molar-refractivity contribution in [3.8, 4) is 11.3 Å². The van der Waals surface area contributed by atoms with Crippen molar-refractivity contribution in [2.45, 2.75) is 0 Å². The number of pyridine rings is 2. The first-order valence-electron chi connectivity index (χ1n) is 5.03. The van der Waals surface area contributed by atoms with Crippen LogP contribution in [0.1, 0.15) is 10.4 Å². The van der Waals surface area contributed by atoms with Crippen LogP contribution in [-0.4, -0.2) is 21.0 Å². The second kappa shape index (κ2) is 3.21. The number of nitrogens with one attached hydrogen (secondary N) is 2. The van der Waals surface area contributed by atoms with Crippen LogP contribution in [0.2, 0.25) is 0 Å². The topological polar surface area (TPSA) is 85.9 Å². The van der Waals surface area contributed by atoms with E-state index in [2.05, 4.69) is 9.97 Å². The zero-order valence-electron chi connectivity index (χ0n) is 8.65. The van der Waals surface area contributed by atoms with Gasteiger partial charge in [0.1, 0.15) is 5.56 Å². The molecule has 1 aromatic rings. The highest BCUT2D eigenvalue weighted by atomic mass is 16.4. The van der Waals surface area contributed by atoms with Gasteiger partial charge in [-0.2, -0.15) is 0 Å². The second-order valence-corrected chi connectivity index (χ2v) is 3.79. The van der Waals surface area contributed by atoms with Gasteiger partial charge in [0.25, 0.3) is 5.56 Å². The molecule has 0 amide bonds. The lowest BCUT2D eigenvalue weighted by Crippen LogP contribution is -2.16. The maximum atomic E-state index is 11.5. The van der Waals surface area contributed by atoms with E-state index in [1.807, 2.05) is 12.1 Å². The van der Waals surface area contributed by atoms with Crippen LogP contribution in [0.4, 0.5) is 0 Å². The van der Waals surface area contributed by atoms with Crippen molar-refractivity contribution in [2.24, 2.45) is 0 Å². The van der Waals surface area contributed by atoms with E-state index in [1.165, 1.54) is 6.07 Å². The summed E-state index contributed by atoms with van der Waals surface area (Å²) in [4.78, 5) is 28.0. The van der Waals surface area contributed by atoms with Gasteiger partial charge in [0.15, 0.2) is 0 Å². The van der Waals surface area contributed by atoms with Crippen LogP contribution in [0.3, 0.4) is 0 Å². The fraction of sp³-hybridized carbons (Fsp3) is 0. The summed E-state index contributed by atoms with van der Waals surface area (Å²) in [7, 11) is 0. The molecule has 5 heteroatoms. The standard InChI is InChI=1S/C12H8N2O3/c15-11-8(12(16)17)4-7-6-2-1-3-13-9(6)5-10(7)14-11/h1-5,13H,(H,14,15)(H,16,17). The third kappa shape index (κ3) is 1.32. The molecule has 1 aliphatic carbocycles. The molecular formula is C12H8N2O3. The number of aromatic amines is 2. The van der Waals surface area contributed by atoms with Crippen LogP contribution >= 0.6 is 0 Å². The molecule has 2 heterocycles. The quantitative estimate of drug-likeness (QED) is 0.592. The Bertz CT molecular complexity index is 754. The SMILES string of the molecule is O=C(O)c1cc2c3ccc[nH]c-3cc2[nH]c1=O. The normalized spacial score (nSPS) is 11.1. The molecule has 0 saturated heterocycles. The number of aromatic carboxylic acids is 1. The number of carboxylic acid groups (broad SMARTS) is 1. The van der Waals surface area contributed by atoms with Gasteiger partial charge in [-0.3, -0.25) is 4.79 Å². The third-order valence-electron chi connectivity index (χ3n) is 2.77. The Morgan fingerprint density at radius 3 is 2.88 bits per heavy atom. The first-order valence-corrected chi connectivity index (χ1v) is 5.03. The average Bonchev–Trinajstić information content (AvgIpc) is 2.64. The molecule has 0 spiro atoms. The number of hydrogen-bond donors (Lipinski definition) is 3. The Morgan fingerprint density at radius 2 is 2.12 bits per heavy atom. The molecule has 0 aromatic carbocycles. The van der Waals surface area contributed by atoms with E-state index >= 15 is 0 Å². The number of aromatic nitrogens is 2. The first kappa shape index (κ1) is 9.65. The van der Waals surface area contributed by atoms with Crippen LogP contribution in [0, 0.1) is 0 Å². The van der Waals surface area contributed by atoms with Gasteiger partial charge in [-0.15, -0.1) is 0 Å². The minimum Gasteiger partial charge on any atom is -0.477 e. The minimum absolute atomic E-state index is 0.242. The zero-order valence-corrected chi connectivity index (χ0v) is 8.65. The molecule has 3 rings (SSSR count). The number of hydrogen-bond acceptors (Lipinski definition) is 2. The van der Waals surface area contributed by atoms with Crippen molar-refractivity contribution in [2.75, 3.05) is 0 Å². The molecule has 3 N–H and O–H groups in total. The number of fused-ring (bicyclic) bond motifs is 3. The van der Waals surface area contributed by atoms with Crippen LogP contribution < -0.4 is 5.56 Å². The van der Waals surface area contributed by atoms with E-state index in [0.717, 1.165) is 16.6 Å². The molecule has 5 nitrogen and oxygen atoms in total. The fourth-order valence-corrected chi connectivity index (χ4v) is 1.99. The highest BCUT2D eigenvalue weighted by molar-refractivity contribution is 6.02. The molecule has 2 aliphatic rings. The highest BCUT2D eigenvalue weighted by Gasteiger charge is 2.15. The molecule has 0 unspecified atom stereocenters. The maximum Gasteiger partial charge on any atom is 0.341 e. The lowest BCUT2D eigenvalue weighted by atomic mass is 10.1. The Balaban J connectivity index is 2.47. The lowest BCUT2D eigenvalue weighted by Gasteiger charge is -1.98. The Labute approximate surface area is 95.1 Å². The smallest absolute Gasteiger partial charge is 0.341 e. The monoisotopic (exact) mass is 228 g/mol. The van der Waals surface area contributed by atoms with Crippen molar-refractivity contribution in [1.82, 2.24) is 9.97 Å². The number of rotatable bonds is 1. The predicted octanol–water partition coefficient (Wildman–Crippen LogP) is 1.66. The Morgan fingerprint density at radius 1 is 1.29 bits per heavy atom. The molecule has 1 aromatic heterocycles. The van der Waals surface area contributed by atoms with Crippen molar-refractivity contribution in [1.29, 1.82) is 0 Å². The molecule has 0 saturated carbocycles.